The first-order valence-electron chi connectivity index (χ1n) is 6.81. The third kappa shape index (κ3) is 3.55. The number of benzene rings is 1. The number of hydrogen-bond donors (Lipinski definition) is 1. The van der Waals surface area contributed by atoms with Crippen LogP contribution >= 0.6 is 0 Å². The van der Waals surface area contributed by atoms with Gasteiger partial charge in [-0.05, 0) is 43.0 Å². The van der Waals surface area contributed by atoms with E-state index in [-0.39, 0.29) is 0 Å². The highest BCUT2D eigenvalue weighted by atomic mass is 16.5. The molecule has 0 radical (unpaired) electrons. The minimum atomic E-state index is 0.705. The first-order valence-corrected chi connectivity index (χ1v) is 6.81. The van der Waals surface area contributed by atoms with Gasteiger partial charge in [0.05, 0.1) is 6.61 Å². The van der Waals surface area contributed by atoms with Gasteiger partial charge in [-0.25, -0.2) is 0 Å². The number of likely N-dealkylation sites (tertiary alicyclic amines) is 1. The molecule has 1 unspecified atom stereocenters. The summed E-state index contributed by atoms with van der Waals surface area (Å²) in [6, 6.07) is 8.66. The molecule has 1 aliphatic rings. The van der Waals surface area contributed by atoms with E-state index in [0.29, 0.717) is 5.92 Å². The van der Waals surface area contributed by atoms with Crippen LogP contribution in [0.2, 0.25) is 0 Å². The molecule has 2 rings (SSSR count). The molecule has 1 atom stereocenters. The second-order valence-electron chi connectivity index (χ2n) is 5.15. The van der Waals surface area contributed by atoms with Gasteiger partial charge in [0.2, 0.25) is 0 Å². The minimum absolute atomic E-state index is 0.705. The molecular weight excluding hydrogens is 224 g/mol. The Labute approximate surface area is 110 Å². The van der Waals surface area contributed by atoms with Crippen molar-refractivity contribution in [2.75, 3.05) is 33.4 Å². The summed E-state index contributed by atoms with van der Waals surface area (Å²) in [5.74, 6) is 0.705. The maximum absolute atomic E-state index is 5.67. The molecule has 1 fully saturated rings. The molecule has 1 aromatic rings. The van der Waals surface area contributed by atoms with Crippen molar-refractivity contribution in [3.63, 3.8) is 0 Å². The zero-order valence-corrected chi connectivity index (χ0v) is 11.3. The lowest BCUT2D eigenvalue weighted by molar-refractivity contribution is 0.152. The van der Waals surface area contributed by atoms with Gasteiger partial charge in [-0.1, -0.05) is 24.3 Å². The van der Waals surface area contributed by atoms with Crippen LogP contribution in [0.3, 0.4) is 0 Å². The molecule has 0 saturated carbocycles. The van der Waals surface area contributed by atoms with Gasteiger partial charge < -0.3 is 10.5 Å². The third-order valence-electron chi connectivity index (χ3n) is 3.70. The quantitative estimate of drug-likeness (QED) is 0.832. The van der Waals surface area contributed by atoms with Crippen LogP contribution < -0.4 is 5.73 Å². The van der Waals surface area contributed by atoms with Crippen molar-refractivity contribution >= 4 is 0 Å². The fourth-order valence-electron chi connectivity index (χ4n) is 2.78. The molecule has 1 saturated heterocycles. The maximum Gasteiger partial charge on any atom is 0.0503 e. The summed E-state index contributed by atoms with van der Waals surface area (Å²) < 4.78 is 5.24. The maximum atomic E-state index is 5.67. The fraction of sp³-hybridized carbons (Fsp3) is 0.600. The standard InChI is InChI=1S/C15H24N2O/c1-18-12-13-7-9-17(10-13)11-15-5-3-2-4-14(15)6-8-16/h2-5,13H,6-12,16H2,1H3. The van der Waals surface area contributed by atoms with Crippen molar-refractivity contribution in [2.24, 2.45) is 11.7 Å². The lowest BCUT2D eigenvalue weighted by Gasteiger charge is -2.18. The number of methoxy groups -OCH3 is 1. The molecule has 3 heteroatoms. The summed E-state index contributed by atoms with van der Waals surface area (Å²) in [6.07, 6.45) is 2.23. The van der Waals surface area contributed by atoms with Crippen molar-refractivity contribution in [3.05, 3.63) is 35.4 Å². The first-order chi connectivity index (χ1) is 8.83. The topological polar surface area (TPSA) is 38.5 Å². The van der Waals surface area contributed by atoms with Crippen LogP contribution in [0.1, 0.15) is 17.5 Å². The summed E-state index contributed by atoms with van der Waals surface area (Å²) in [6.45, 7) is 5.01. The van der Waals surface area contributed by atoms with Gasteiger partial charge >= 0.3 is 0 Å². The van der Waals surface area contributed by atoms with E-state index >= 15 is 0 Å². The van der Waals surface area contributed by atoms with Crippen molar-refractivity contribution in [1.82, 2.24) is 4.90 Å². The highest BCUT2D eigenvalue weighted by Gasteiger charge is 2.22. The van der Waals surface area contributed by atoms with Crippen molar-refractivity contribution < 1.29 is 4.74 Å². The smallest absolute Gasteiger partial charge is 0.0503 e. The van der Waals surface area contributed by atoms with Gasteiger partial charge in [0, 0.05) is 20.2 Å². The van der Waals surface area contributed by atoms with E-state index in [1.54, 1.807) is 7.11 Å². The third-order valence-corrected chi connectivity index (χ3v) is 3.70. The molecule has 2 N–H and O–H groups in total. The van der Waals surface area contributed by atoms with Gasteiger partial charge in [-0.2, -0.15) is 0 Å². The number of nitrogens with zero attached hydrogens (tertiary/aromatic N) is 1. The van der Waals surface area contributed by atoms with Gasteiger partial charge in [0.15, 0.2) is 0 Å². The van der Waals surface area contributed by atoms with E-state index in [1.807, 2.05) is 0 Å². The SMILES string of the molecule is COCC1CCN(Cc2ccccc2CCN)C1. The van der Waals surface area contributed by atoms with Crippen molar-refractivity contribution in [1.29, 1.82) is 0 Å². The molecule has 0 amide bonds. The lowest BCUT2D eigenvalue weighted by atomic mass is 10.0. The van der Waals surface area contributed by atoms with E-state index < -0.39 is 0 Å². The van der Waals surface area contributed by atoms with Gasteiger partial charge in [-0.3, -0.25) is 4.90 Å². The minimum Gasteiger partial charge on any atom is -0.384 e. The molecule has 0 aromatic heterocycles. The first kappa shape index (κ1) is 13.5. The predicted molar refractivity (Wildman–Crippen MR) is 74.5 cm³/mol. The summed E-state index contributed by atoms with van der Waals surface area (Å²) >= 11 is 0. The van der Waals surface area contributed by atoms with E-state index in [2.05, 4.69) is 29.2 Å². The van der Waals surface area contributed by atoms with Crippen LogP contribution in [-0.2, 0) is 17.7 Å². The van der Waals surface area contributed by atoms with Crippen LogP contribution in [-0.4, -0.2) is 38.3 Å². The summed E-state index contributed by atoms with van der Waals surface area (Å²) in [7, 11) is 1.79. The van der Waals surface area contributed by atoms with Gasteiger partial charge in [0.25, 0.3) is 0 Å². The van der Waals surface area contributed by atoms with Crippen LogP contribution in [0.25, 0.3) is 0 Å². The molecule has 3 nitrogen and oxygen atoms in total. The average molecular weight is 248 g/mol. The second-order valence-corrected chi connectivity index (χ2v) is 5.15. The van der Waals surface area contributed by atoms with E-state index in [1.165, 1.54) is 24.1 Å². The Hall–Kier alpha value is -0.900. The van der Waals surface area contributed by atoms with Crippen molar-refractivity contribution in [3.8, 4) is 0 Å². The number of rotatable bonds is 6. The van der Waals surface area contributed by atoms with E-state index in [4.69, 9.17) is 10.5 Å². The highest BCUT2D eigenvalue weighted by molar-refractivity contribution is 5.27. The zero-order chi connectivity index (χ0) is 12.8. The van der Waals surface area contributed by atoms with E-state index in [9.17, 15) is 0 Å². The van der Waals surface area contributed by atoms with Crippen LogP contribution in [0, 0.1) is 5.92 Å². The average Bonchev–Trinajstić information content (AvgIpc) is 2.80. The molecular formula is C15H24N2O. The molecule has 1 heterocycles. The molecule has 1 aliphatic heterocycles. The number of ether oxygens (including phenoxy) is 1. The second kappa shape index (κ2) is 6.88. The Morgan fingerprint density at radius 2 is 2.11 bits per heavy atom. The predicted octanol–water partition coefficient (Wildman–Crippen LogP) is 1.66. The molecule has 18 heavy (non-hydrogen) atoms. The largest absolute Gasteiger partial charge is 0.384 e. The monoisotopic (exact) mass is 248 g/mol. The normalized spacial score (nSPS) is 20.4. The Morgan fingerprint density at radius 3 is 2.83 bits per heavy atom. The molecule has 0 bridgehead atoms. The Morgan fingerprint density at radius 1 is 1.33 bits per heavy atom. The van der Waals surface area contributed by atoms with Gasteiger partial charge in [-0.15, -0.1) is 0 Å². The lowest BCUT2D eigenvalue weighted by Crippen LogP contribution is -2.22. The Bertz CT molecular complexity index is 367. The van der Waals surface area contributed by atoms with E-state index in [0.717, 1.165) is 32.7 Å². The van der Waals surface area contributed by atoms with Gasteiger partial charge in [0.1, 0.15) is 0 Å². The Kier molecular flexibility index (Phi) is 5.17. The fourth-order valence-corrected chi connectivity index (χ4v) is 2.78. The highest BCUT2D eigenvalue weighted by Crippen LogP contribution is 2.20. The van der Waals surface area contributed by atoms with Crippen LogP contribution in [0.4, 0.5) is 0 Å². The molecule has 1 aromatic carbocycles. The number of hydrogen-bond acceptors (Lipinski definition) is 3. The van der Waals surface area contributed by atoms with Crippen molar-refractivity contribution in [2.45, 2.75) is 19.4 Å². The summed E-state index contributed by atoms with van der Waals surface area (Å²) in [5, 5.41) is 0. The number of nitrogens with two attached hydrogens (primary N) is 1. The summed E-state index contributed by atoms with van der Waals surface area (Å²) in [5.41, 5.74) is 8.50. The van der Waals surface area contributed by atoms with Crippen LogP contribution in [0.15, 0.2) is 24.3 Å². The zero-order valence-electron chi connectivity index (χ0n) is 11.3. The summed E-state index contributed by atoms with van der Waals surface area (Å²) in [4.78, 5) is 2.53. The molecule has 0 aliphatic carbocycles. The molecule has 0 spiro atoms. The molecule has 100 valence electrons. The Balaban J connectivity index is 1.93. The van der Waals surface area contributed by atoms with Crippen LogP contribution in [0.5, 0.6) is 0 Å².